The highest BCUT2D eigenvalue weighted by molar-refractivity contribution is 5.92. The SMILES string of the molecule is Cc1cc(C(=O)N2CCC(CC3CC3)(c3noc(-c4cccnc4)n3)CC2)n(C)n1. The van der Waals surface area contributed by atoms with Crippen LogP contribution >= 0.6 is 0 Å². The number of carbonyl (C=O) groups is 1. The summed E-state index contributed by atoms with van der Waals surface area (Å²) in [7, 11) is 1.82. The van der Waals surface area contributed by atoms with Crippen molar-refractivity contribution in [3.8, 4) is 11.5 Å². The number of carbonyl (C=O) groups excluding carboxylic acids is 1. The van der Waals surface area contributed by atoms with Gasteiger partial charge in [0.15, 0.2) is 5.82 Å². The second-order valence-corrected chi connectivity index (χ2v) is 8.68. The zero-order valence-corrected chi connectivity index (χ0v) is 17.4. The first-order valence-electron chi connectivity index (χ1n) is 10.6. The van der Waals surface area contributed by atoms with E-state index in [2.05, 4.69) is 15.2 Å². The molecule has 3 aromatic heterocycles. The summed E-state index contributed by atoms with van der Waals surface area (Å²) in [6, 6.07) is 5.65. The van der Waals surface area contributed by atoms with Crippen LogP contribution in [0.3, 0.4) is 0 Å². The molecule has 2 aliphatic rings. The number of pyridine rings is 1. The van der Waals surface area contributed by atoms with E-state index in [1.165, 1.54) is 12.8 Å². The zero-order valence-electron chi connectivity index (χ0n) is 17.4. The summed E-state index contributed by atoms with van der Waals surface area (Å²) in [5.41, 5.74) is 2.19. The van der Waals surface area contributed by atoms with Gasteiger partial charge in [-0.25, -0.2) is 0 Å². The van der Waals surface area contributed by atoms with Crippen molar-refractivity contribution < 1.29 is 9.32 Å². The molecule has 1 saturated heterocycles. The topological polar surface area (TPSA) is 89.9 Å². The fourth-order valence-corrected chi connectivity index (χ4v) is 4.55. The van der Waals surface area contributed by atoms with E-state index in [4.69, 9.17) is 9.51 Å². The Hall–Kier alpha value is -3.03. The first kappa shape index (κ1) is 19.0. The number of amides is 1. The molecule has 0 bridgehead atoms. The van der Waals surface area contributed by atoms with Crippen LogP contribution in [-0.4, -0.2) is 48.8 Å². The van der Waals surface area contributed by atoms with Crippen LogP contribution in [-0.2, 0) is 12.5 Å². The Morgan fingerprint density at radius 1 is 1.30 bits per heavy atom. The molecule has 156 valence electrons. The van der Waals surface area contributed by atoms with Crippen molar-refractivity contribution in [2.24, 2.45) is 13.0 Å². The lowest BCUT2D eigenvalue weighted by atomic mass is 9.73. The number of aryl methyl sites for hydroxylation is 2. The summed E-state index contributed by atoms with van der Waals surface area (Å²) in [5.74, 6) is 2.06. The van der Waals surface area contributed by atoms with Gasteiger partial charge in [0.2, 0.25) is 0 Å². The second kappa shape index (κ2) is 7.34. The fourth-order valence-electron chi connectivity index (χ4n) is 4.55. The molecular weight excluding hydrogens is 380 g/mol. The molecule has 5 rings (SSSR count). The lowest BCUT2D eigenvalue weighted by Gasteiger charge is -2.40. The molecule has 0 atom stereocenters. The van der Waals surface area contributed by atoms with Gasteiger partial charge in [0, 0.05) is 37.9 Å². The minimum Gasteiger partial charge on any atom is -0.337 e. The van der Waals surface area contributed by atoms with Gasteiger partial charge in [-0.2, -0.15) is 10.1 Å². The smallest absolute Gasteiger partial charge is 0.272 e. The Balaban J connectivity index is 1.37. The van der Waals surface area contributed by atoms with Gasteiger partial charge in [-0.05, 0) is 50.3 Å². The molecule has 0 N–H and O–H groups in total. The number of aromatic nitrogens is 5. The van der Waals surface area contributed by atoms with Gasteiger partial charge in [-0.1, -0.05) is 18.0 Å². The largest absolute Gasteiger partial charge is 0.337 e. The Kier molecular flexibility index (Phi) is 4.64. The van der Waals surface area contributed by atoms with Crippen LogP contribution in [0.4, 0.5) is 0 Å². The Bertz CT molecular complexity index is 1040. The summed E-state index contributed by atoms with van der Waals surface area (Å²) in [6.07, 6.45) is 8.76. The van der Waals surface area contributed by atoms with Gasteiger partial charge < -0.3 is 9.42 Å². The van der Waals surface area contributed by atoms with Crippen LogP contribution < -0.4 is 0 Å². The Morgan fingerprint density at radius 3 is 2.73 bits per heavy atom. The normalized spacial score (nSPS) is 18.5. The van der Waals surface area contributed by atoms with Crippen molar-refractivity contribution in [1.82, 2.24) is 29.8 Å². The Morgan fingerprint density at radius 2 is 2.10 bits per heavy atom. The number of likely N-dealkylation sites (tertiary alicyclic amines) is 1. The molecule has 0 unspecified atom stereocenters. The van der Waals surface area contributed by atoms with Crippen LogP contribution in [0.5, 0.6) is 0 Å². The first-order valence-corrected chi connectivity index (χ1v) is 10.6. The third-order valence-corrected chi connectivity index (χ3v) is 6.41. The quantitative estimate of drug-likeness (QED) is 0.647. The minimum absolute atomic E-state index is 0.0438. The summed E-state index contributed by atoms with van der Waals surface area (Å²) in [5, 5.41) is 8.70. The van der Waals surface area contributed by atoms with Gasteiger partial charge in [-0.15, -0.1) is 0 Å². The second-order valence-electron chi connectivity index (χ2n) is 8.68. The number of hydrogen-bond donors (Lipinski definition) is 0. The zero-order chi connectivity index (χ0) is 20.7. The van der Waals surface area contributed by atoms with E-state index in [1.807, 2.05) is 37.1 Å². The van der Waals surface area contributed by atoms with E-state index < -0.39 is 0 Å². The standard InChI is InChI=1S/C22H26N6O2/c1-15-12-18(27(2)25-15)20(29)28-10-7-22(8-11-28,13-16-5-6-16)21-24-19(30-26-21)17-4-3-9-23-14-17/h3-4,9,12,14,16H,5-8,10-11,13H2,1-2H3. The molecular formula is C22H26N6O2. The summed E-state index contributed by atoms with van der Waals surface area (Å²) >= 11 is 0. The van der Waals surface area contributed by atoms with Crippen molar-refractivity contribution >= 4 is 5.91 Å². The van der Waals surface area contributed by atoms with E-state index in [0.717, 1.165) is 42.3 Å². The number of piperidine rings is 1. The molecule has 8 nitrogen and oxygen atoms in total. The van der Waals surface area contributed by atoms with Gasteiger partial charge in [0.25, 0.3) is 11.8 Å². The number of hydrogen-bond acceptors (Lipinski definition) is 6. The summed E-state index contributed by atoms with van der Waals surface area (Å²) in [6.45, 7) is 3.28. The maximum atomic E-state index is 13.0. The van der Waals surface area contributed by atoms with Crippen LogP contribution in [0.25, 0.3) is 11.5 Å². The van der Waals surface area contributed by atoms with Crippen molar-refractivity contribution in [3.05, 3.63) is 47.8 Å². The van der Waals surface area contributed by atoms with Gasteiger partial charge in [0.1, 0.15) is 5.69 Å². The minimum atomic E-state index is -0.135. The van der Waals surface area contributed by atoms with Gasteiger partial charge >= 0.3 is 0 Å². The van der Waals surface area contributed by atoms with Crippen molar-refractivity contribution in [3.63, 3.8) is 0 Å². The van der Waals surface area contributed by atoms with Crippen molar-refractivity contribution in [1.29, 1.82) is 0 Å². The third-order valence-electron chi connectivity index (χ3n) is 6.41. The molecule has 1 saturated carbocycles. The molecule has 0 spiro atoms. The van der Waals surface area contributed by atoms with Crippen LogP contribution in [0, 0.1) is 12.8 Å². The Labute approximate surface area is 175 Å². The maximum absolute atomic E-state index is 13.0. The monoisotopic (exact) mass is 406 g/mol. The number of nitrogens with zero attached hydrogens (tertiary/aromatic N) is 6. The summed E-state index contributed by atoms with van der Waals surface area (Å²) in [4.78, 5) is 23.9. The molecule has 1 aliphatic heterocycles. The molecule has 0 aromatic carbocycles. The molecule has 4 heterocycles. The number of rotatable bonds is 5. The van der Waals surface area contributed by atoms with Crippen LogP contribution in [0.2, 0.25) is 0 Å². The van der Waals surface area contributed by atoms with Crippen LogP contribution in [0.1, 0.15) is 54.1 Å². The highest BCUT2D eigenvalue weighted by Gasteiger charge is 2.45. The molecule has 1 aliphatic carbocycles. The van der Waals surface area contributed by atoms with Gasteiger partial charge in [-0.3, -0.25) is 14.5 Å². The van der Waals surface area contributed by atoms with Crippen molar-refractivity contribution in [2.45, 2.75) is 44.4 Å². The van der Waals surface area contributed by atoms with E-state index in [-0.39, 0.29) is 11.3 Å². The van der Waals surface area contributed by atoms with E-state index in [0.29, 0.717) is 24.7 Å². The predicted molar refractivity (Wildman–Crippen MR) is 110 cm³/mol. The van der Waals surface area contributed by atoms with E-state index >= 15 is 0 Å². The summed E-state index contributed by atoms with van der Waals surface area (Å²) < 4.78 is 7.27. The lowest BCUT2D eigenvalue weighted by molar-refractivity contribution is 0.0634. The van der Waals surface area contributed by atoms with Crippen molar-refractivity contribution in [2.75, 3.05) is 13.1 Å². The van der Waals surface area contributed by atoms with Gasteiger partial charge in [0.05, 0.1) is 11.3 Å². The highest BCUT2D eigenvalue weighted by Crippen LogP contribution is 2.47. The first-order chi connectivity index (χ1) is 14.5. The average Bonchev–Trinajstić information content (AvgIpc) is 3.29. The van der Waals surface area contributed by atoms with E-state index in [9.17, 15) is 4.79 Å². The molecule has 2 fully saturated rings. The fraction of sp³-hybridized carbons (Fsp3) is 0.500. The highest BCUT2D eigenvalue weighted by atomic mass is 16.5. The molecule has 8 heteroatoms. The molecule has 1 amide bonds. The molecule has 30 heavy (non-hydrogen) atoms. The average molecular weight is 406 g/mol. The predicted octanol–water partition coefficient (Wildman–Crippen LogP) is 3.15. The molecule has 3 aromatic rings. The molecule has 0 radical (unpaired) electrons. The van der Waals surface area contributed by atoms with E-state index in [1.54, 1.807) is 17.1 Å². The maximum Gasteiger partial charge on any atom is 0.272 e. The van der Waals surface area contributed by atoms with Crippen LogP contribution in [0.15, 0.2) is 35.1 Å². The third kappa shape index (κ3) is 3.51. The lowest BCUT2D eigenvalue weighted by Crippen LogP contribution is -2.46.